The molecule has 0 aliphatic carbocycles. The summed E-state index contributed by atoms with van der Waals surface area (Å²) >= 11 is 0. The van der Waals surface area contributed by atoms with Gasteiger partial charge in [-0.25, -0.2) is 4.79 Å². The molecule has 1 aliphatic rings. The Kier molecular flexibility index (Phi) is 6.93. The van der Waals surface area contributed by atoms with Crippen LogP contribution in [0.15, 0.2) is 23.0 Å². The molecule has 2 aromatic rings. The summed E-state index contributed by atoms with van der Waals surface area (Å²) in [6.45, 7) is 4.42. The second-order valence-electron chi connectivity index (χ2n) is 8.23. The van der Waals surface area contributed by atoms with Crippen molar-refractivity contribution in [2.75, 3.05) is 0 Å². The van der Waals surface area contributed by atoms with Crippen LogP contribution in [0.25, 0.3) is 11.0 Å². The molecule has 6 heteroatoms. The fourth-order valence-corrected chi connectivity index (χ4v) is 4.65. The Balaban J connectivity index is 2.03. The predicted octanol–water partition coefficient (Wildman–Crippen LogP) is 4.17. The second-order valence-corrected chi connectivity index (χ2v) is 8.23. The van der Waals surface area contributed by atoms with Crippen molar-refractivity contribution in [3.63, 3.8) is 0 Å². The summed E-state index contributed by atoms with van der Waals surface area (Å²) < 4.78 is 3.27. The van der Waals surface area contributed by atoms with Crippen molar-refractivity contribution in [1.82, 2.24) is 14.5 Å². The number of piperidine rings is 1. The molecule has 0 spiro atoms. The van der Waals surface area contributed by atoms with Gasteiger partial charge in [0.25, 0.3) is 0 Å². The van der Waals surface area contributed by atoms with E-state index in [9.17, 15) is 14.4 Å². The zero-order valence-electron chi connectivity index (χ0n) is 17.9. The molecule has 6 nitrogen and oxygen atoms in total. The van der Waals surface area contributed by atoms with Crippen LogP contribution >= 0.6 is 0 Å². The summed E-state index contributed by atoms with van der Waals surface area (Å²) in [5.74, 6) is -0.245. The number of hydrogen-bond donors (Lipinski definition) is 1. The lowest BCUT2D eigenvalue weighted by Crippen LogP contribution is -2.44. The van der Waals surface area contributed by atoms with E-state index >= 15 is 0 Å². The van der Waals surface area contributed by atoms with Crippen LogP contribution in [-0.4, -0.2) is 20.9 Å². The van der Waals surface area contributed by atoms with Crippen molar-refractivity contribution >= 4 is 22.8 Å². The van der Waals surface area contributed by atoms with Gasteiger partial charge in [-0.1, -0.05) is 58.1 Å². The van der Waals surface area contributed by atoms with Gasteiger partial charge in [0.2, 0.25) is 11.8 Å². The van der Waals surface area contributed by atoms with Gasteiger partial charge in [-0.05, 0) is 36.8 Å². The predicted molar refractivity (Wildman–Crippen MR) is 115 cm³/mol. The average molecular weight is 400 g/mol. The van der Waals surface area contributed by atoms with E-state index in [0.29, 0.717) is 12.3 Å². The van der Waals surface area contributed by atoms with E-state index in [1.807, 2.05) is 12.1 Å². The van der Waals surface area contributed by atoms with Crippen molar-refractivity contribution in [3.05, 3.63) is 34.2 Å². The van der Waals surface area contributed by atoms with E-state index in [-0.39, 0.29) is 23.9 Å². The van der Waals surface area contributed by atoms with Gasteiger partial charge in [-0.3, -0.25) is 24.0 Å². The summed E-state index contributed by atoms with van der Waals surface area (Å²) in [6, 6.07) is 5.42. The molecule has 1 aliphatic heterocycles. The Morgan fingerprint density at radius 3 is 2.55 bits per heavy atom. The number of nitrogens with zero attached hydrogens (tertiary/aromatic N) is 2. The third-order valence-electron chi connectivity index (χ3n) is 6.14. The number of benzene rings is 1. The van der Waals surface area contributed by atoms with Gasteiger partial charge >= 0.3 is 5.69 Å². The van der Waals surface area contributed by atoms with E-state index in [2.05, 4.69) is 25.2 Å². The molecular formula is C23H33N3O3. The molecule has 2 unspecified atom stereocenters. The molecular weight excluding hydrogens is 366 g/mol. The van der Waals surface area contributed by atoms with Gasteiger partial charge in [-0.15, -0.1) is 0 Å². The Bertz CT molecular complexity index is 941. The molecule has 1 saturated heterocycles. The van der Waals surface area contributed by atoms with E-state index in [4.69, 9.17) is 0 Å². The van der Waals surface area contributed by atoms with Crippen LogP contribution in [0.2, 0.25) is 0 Å². The molecule has 1 aromatic heterocycles. The average Bonchev–Trinajstić information content (AvgIpc) is 2.95. The highest BCUT2D eigenvalue weighted by atomic mass is 16.2. The van der Waals surface area contributed by atoms with Gasteiger partial charge < -0.3 is 0 Å². The molecule has 29 heavy (non-hydrogen) atoms. The van der Waals surface area contributed by atoms with Crippen LogP contribution < -0.4 is 11.0 Å². The number of imide groups is 1. The number of rotatable bonds is 9. The number of hydrogen-bond acceptors (Lipinski definition) is 3. The van der Waals surface area contributed by atoms with Gasteiger partial charge in [0.15, 0.2) is 0 Å². The van der Waals surface area contributed by atoms with Gasteiger partial charge in [-0.2, -0.15) is 0 Å². The Morgan fingerprint density at radius 1 is 1.07 bits per heavy atom. The zero-order valence-corrected chi connectivity index (χ0v) is 17.9. The van der Waals surface area contributed by atoms with Crippen LogP contribution in [0, 0.1) is 0 Å². The van der Waals surface area contributed by atoms with Crippen molar-refractivity contribution < 1.29 is 9.59 Å². The first-order chi connectivity index (χ1) is 14.0. The highest BCUT2D eigenvalue weighted by Crippen LogP contribution is 2.33. The number of carbonyl (C=O) groups is 2. The number of para-hydroxylation sites is 1. The largest absolute Gasteiger partial charge is 0.329 e. The quantitative estimate of drug-likeness (QED) is 0.508. The van der Waals surface area contributed by atoms with Crippen molar-refractivity contribution in [3.8, 4) is 0 Å². The summed E-state index contributed by atoms with van der Waals surface area (Å²) in [6.07, 6.45) is 8.83. The minimum absolute atomic E-state index is 0.191. The highest BCUT2D eigenvalue weighted by molar-refractivity contribution is 6.00. The molecule has 2 heterocycles. The maximum atomic E-state index is 13.1. The number of amides is 2. The third kappa shape index (κ3) is 4.31. The van der Waals surface area contributed by atoms with Crippen molar-refractivity contribution in [2.45, 2.75) is 83.6 Å². The van der Waals surface area contributed by atoms with Crippen LogP contribution in [0.3, 0.4) is 0 Å². The lowest BCUT2D eigenvalue weighted by Gasteiger charge is -2.22. The summed E-state index contributed by atoms with van der Waals surface area (Å²) in [5.41, 5.74) is 2.73. The van der Waals surface area contributed by atoms with Crippen LogP contribution in [0.5, 0.6) is 0 Å². The Labute approximate surface area is 172 Å². The van der Waals surface area contributed by atoms with E-state index in [0.717, 1.165) is 30.3 Å². The molecule has 3 rings (SSSR count). The van der Waals surface area contributed by atoms with E-state index in [1.165, 1.54) is 31.2 Å². The van der Waals surface area contributed by atoms with Crippen molar-refractivity contribution in [1.29, 1.82) is 0 Å². The first kappa shape index (κ1) is 21.3. The molecule has 0 saturated carbocycles. The SMILES string of the molecule is CCCCCCC(CCC)c1cccc2c1n(C)c(=O)n2C1CCC(=O)NC1=O. The molecule has 1 aromatic carbocycles. The van der Waals surface area contributed by atoms with Gasteiger partial charge in [0.1, 0.15) is 6.04 Å². The fraction of sp³-hybridized carbons (Fsp3) is 0.609. The first-order valence-corrected chi connectivity index (χ1v) is 11.0. The number of unbranched alkanes of at least 4 members (excludes halogenated alkanes) is 3. The molecule has 2 atom stereocenters. The number of carbonyl (C=O) groups excluding carboxylic acids is 2. The third-order valence-corrected chi connectivity index (χ3v) is 6.14. The molecule has 1 N–H and O–H groups in total. The Morgan fingerprint density at radius 2 is 1.86 bits per heavy atom. The first-order valence-electron chi connectivity index (χ1n) is 11.0. The standard InChI is InChI=1S/C23H33N3O3/c1-4-6-7-8-11-16(10-5-2)17-12-9-13-18-21(17)25(3)23(29)26(18)19-14-15-20(27)24-22(19)28/h9,12-13,16,19H,4-8,10-11,14-15H2,1-3H3,(H,24,27,28). The minimum atomic E-state index is -0.631. The van der Waals surface area contributed by atoms with Crippen LogP contribution in [0.4, 0.5) is 0 Å². The molecule has 0 bridgehead atoms. The minimum Gasteiger partial charge on any atom is -0.295 e. The zero-order chi connectivity index (χ0) is 21.0. The summed E-state index contributed by atoms with van der Waals surface area (Å²) in [5, 5.41) is 2.38. The fourth-order valence-electron chi connectivity index (χ4n) is 4.65. The molecule has 0 radical (unpaired) electrons. The number of aryl methyl sites for hydroxylation is 1. The van der Waals surface area contributed by atoms with Crippen molar-refractivity contribution in [2.24, 2.45) is 7.05 Å². The number of imidazole rings is 1. The monoisotopic (exact) mass is 399 g/mol. The summed E-state index contributed by atoms with van der Waals surface area (Å²) in [7, 11) is 1.79. The second kappa shape index (κ2) is 9.42. The highest BCUT2D eigenvalue weighted by Gasteiger charge is 2.32. The van der Waals surface area contributed by atoms with E-state index in [1.54, 1.807) is 16.2 Å². The molecule has 158 valence electrons. The van der Waals surface area contributed by atoms with Crippen LogP contribution in [0.1, 0.15) is 89.2 Å². The Hall–Kier alpha value is -2.37. The molecule has 2 amide bonds. The van der Waals surface area contributed by atoms with Gasteiger partial charge in [0, 0.05) is 13.5 Å². The van der Waals surface area contributed by atoms with Crippen LogP contribution in [-0.2, 0) is 16.6 Å². The maximum absolute atomic E-state index is 13.1. The number of fused-ring (bicyclic) bond motifs is 1. The smallest absolute Gasteiger partial charge is 0.295 e. The lowest BCUT2D eigenvalue weighted by atomic mass is 9.88. The summed E-state index contributed by atoms with van der Waals surface area (Å²) in [4.78, 5) is 37.1. The number of aromatic nitrogens is 2. The lowest BCUT2D eigenvalue weighted by molar-refractivity contribution is -0.135. The molecule has 1 fully saturated rings. The van der Waals surface area contributed by atoms with Gasteiger partial charge in [0.05, 0.1) is 11.0 Å². The normalized spacial score (nSPS) is 18.2. The number of nitrogens with one attached hydrogen (secondary N) is 1. The van der Waals surface area contributed by atoms with E-state index < -0.39 is 6.04 Å². The topological polar surface area (TPSA) is 73.1 Å². The maximum Gasteiger partial charge on any atom is 0.329 e.